The van der Waals surface area contributed by atoms with Crippen LogP contribution in [0.3, 0.4) is 0 Å². The largest absolute Gasteiger partial charge is 0.463 e. The Morgan fingerprint density at radius 1 is 1.60 bits per heavy atom. The zero-order valence-corrected chi connectivity index (χ0v) is 9.33. The molecule has 1 atom stereocenters. The third kappa shape index (κ3) is 2.30. The van der Waals surface area contributed by atoms with Crippen LogP contribution in [-0.2, 0) is 9.53 Å². The van der Waals surface area contributed by atoms with E-state index in [0.717, 1.165) is 25.9 Å². The fourth-order valence-corrected chi connectivity index (χ4v) is 2.87. The van der Waals surface area contributed by atoms with E-state index in [9.17, 15) is 9.18 Å². The van der Waals surface area contributed by atoms with Crippen molar-refractivity contribution in [1.29, 1.82) is 0 Å². The van der Waals surface area contributed by atoms with Gasteiger partial charge in [-0.1, -0.05) is 0 Å². The van der Waals surface area contributed by atoms with E-state index in [1.54, 1.807) is 6.92 Å². The molecular weight excluding hydrogens is 197 g/mol. The molecule has 0 N–H and O–H groups in total. The van der Waals surface area contributed by atoms with Crippen LogP contribution in [0.5, 0.6) is 0 Å². The van der Waals surface area contributed by atoms with Gasteiger partial charge in [0.25, 0.3) is 0 Å². The van der Waals surface area contributed by atoms with E-state index in [-0.39, 0.29) is 12.1 Å². The topological polar surface area (TPSA) is 29.5 Å². The monoisotopic (exact) mass is 215 g/mol. The molecule has 1 aliphatic carbocycles. The normalized spacial score (nSPS) is 26.9. The summed E-state index contributed by atoms with van der Waals surface area (Å²) in [5.41, 5.74) is 0.342. The Kier molecular flexibility index (Phi) is 2.71. The number of hydrogen-bond donors (Lipinski definition) is 0. The van der Waals surface area contributed by atoms with Gasteiger partial charge in [0.15, 0.2) is 0 Å². The van der Waals surface area contributed by atoms with Gasteiger partial charge in [-0.2, -0.15) is 0 Å². The Hall–Kier alpha value is -0.640. The number of rotatable bonds is 3. The third-order valence-electron chi connectivity index (χ3n) is 3.28. The van der Waals surface area contributed by atoms with Crippen molar-refractivity contribution in [1.82, 2.24) is 4.90 Å². The average Bonchev–Trinajstić information content (AvgIpc) is 1.94. The maximum absolute atomic E-state index is 12.7. The Morgan fingerprint density at radius 2 is 2.20 bits per heavy atom. The number of halogens is 1. The highest BCUT2D eigenvalue weighted by Crippen LogP contribution is 2.49. The van der Waals surface area contributed by atoms with Crippen molar-refractivity contribution >= 4 is 5.97 Å². The first-order valence-electron chi connectivity index (χ1n) is 5.53. The molecule has 4 heteroatoms. The fraction of sp³-hybridized carbons (Fsp3) is 0.909. The summed E-state index contributed by atoms with van der Waals surface area (Å²) in [6.45, 7) is 5.52. The van der Waals surface area contributed by atoms with E-state index in [2.05, 4.69) is 4.90 Å². The molecule has 0 aromatic heterocycles. The Bertz CT molecular complexity index is 253. The van der Waals surface area contributed by atoms with Gasteiger partial charge in [-0.15, -0.1) is 0 Å². The molecule has 1 unspecified atom stereocenters. The highest BCUT2D eigenvalue weighted by atomic mass is 19.1. The molecule has 2 fully saturated rings. The van der Waals surface area contributed by atoms with Crippen LogP contribution in [-0.4, -0.2) is 42.8 Å². The summed E-state index contributed by atoms with van der Waals surface area (Å²) in [4.78, 5) is 12.8. The lowest BCUT2D eigenvalue weighted by molar-refractivity contribution is -0.175. The van der Waals surface area contributed by atoms with Crippen LogP contribution in [0.2, 0.25) is 0 Å². The molecule has 3 nitrogen and oxygen atoms in total. The van der Waals surface area contributed by atoms with Crippen LogP contribution in [0.4, 0.5) is 4.39 Å². The van der Waals surface area contributed by atoms with Crippen LogP contribution >= 0.6 is 0 Å². The van der Waals surface area contributed by atoms with E-state index in [0.29, 0.717) is 12.0 Å². The number of alkyl halides is 1. The fourth-order valence-electron chi connectivity index (χ4n) is 2.87. The minimum absolute atomic E-state index is 0.118. The molecule has 1 aliphatic heterocycles. The summed E-state index contributed by atoms with van der Waals surface area (Å²) >= 11 is 0. The first-order chi connectivity index (χ1) is 6.99. The molecule has 0 amide bonds. The second-order valence-electron chi connectivity index (χ2n) is 5.09. The standard InChI is InChI=1S/C11H18FNO2/c1-8(12)5-13-6-11(7-13)3-10(4-11)15-9(2)14/h8,10H,3-7H2,1-2H3. The second-order valence-corrected chi connectivity index (χ2v) is 5.09. The van der Waals surface area contributed by atoms with Crippen molar-refractivity contribution in [3.05, 3.63) is 0 Å². The molecule has 1 heterocycles. The quantitative estimate of drug-likeness (QED) is 0.666. The van der Waals surface area contributed by atoms with E-state index in [1.165, 1.54) is 6.92 Å². The highest BCUT2D eigenvalue weighted by Gasteiger charge is 2.53. The lowest BCUT2D eigenvalue weighted by atomic mass is 9.61. The van der Waals surface area contributed by atoms with E-state index < -0.39 is 6.17 Å². The number of carbonyl (C=O) groups is 1. The smallest absolute Gasteiger partial charge is 0.302 e. The second kappa shape index (κ2) is 3.74. The maximum atomic E-state index is 12.7. The molecule has 0 bridgehead atoms. The van der Waals surface area contributed by atoms with Crippen molar-refractivity contribution in [2.24, 2.45) is 5.41 Å². The maximum Gasteiger partial charge on any atom is 0.302 e. The van der Waals surface area contributed by atoms with Gasteiger partial charge in [0.1, 0.15) is 12.3 Å². The molecule has 0 aromatic rings. The Morgan fingerprint density at radius 3 is 2.67 bits per heavy atom. The van der Waals surface area contributed by atoms with Gasteiger partial charge < -0.3 is 4.74 Å². The predicted molar refractivity (Wildman–Crippen MR) is 54.2 cm³/mol. The lowest BCUT2D eigenvalue weighted by Gasteiger charge is -2.58. The average molecular weight is 215 g/mol. The highest BCUT2D eigenvalue weighted by molar-refractivity contribution is 5.66. The number of nitrogens with zero attached hydrogens (tertiary/aromatic N) is 1. The SMILES string of the molecule is CC(=O)OC1CC2(C1)CN(CC(C)F)C2. The van der Waals surface area contributed by atoms with Crippen molar-refractivity contribution in [3.8, 4) is 0 Å². The molecular formula is C11H18FNO2. The van der Waals surface area contributed by atoms with Gasteiger partial charge in [0.2, 0.25) is 0 Å². The minimum Gasteiger partial charge on any atom is -0.463 e. The molecule has 0 radical (unpaired) electrons. The van der Waals surface area contributed by atoms with Gasteiger partial charge >= 0.3 is 5.97 Å². The van der Waals surface area contributed by atoms with Crippen LogP contribution in [0.25, 0.3) is 0 Å². The molecule has 1 saturated carbocycles. The molecule has 2 rings (SSSR count). The number of likely N-dealkylation sites (tertiary alicyclic amines) is 1. The minimum atomic E-state index is -0.744. The number of ether oxygens (including phenoxy) is 1. The van der Waals surface area contributed by atoms with Crippen LogP contribution in [0.15, 0.2) is 0 Å². The number of esters is 1. The van der Waals surface area contributed by atoms with Gasteiger partial charge in [0.05, 0.1) is 0 Å². The van der Waals surface area contributed by atoms with Crippen molar-refractivity contribution < 1.29 is 13.9 Å². The Labute approximate surface area is 89.6 Å². The molecule has 86 valence electrons. The third-order valence-corrected chi connectivity index (χ3v) is 3.28. The van der Waals surface area contributed by atoms with E-state index in [4.69, 9.17) is 4.74 Å². The van der Waals surface area contributed by atoms with Crippen molar-refractivity contribution in [3.63, 3.8) is 0 Å². The van der Waals surface area contributed by atoms with Crippen LogP contribution in [0, 0.1) is 5.41 Å². The van der Waals surface area contributed by atoms with Crippen molar-refractivity contribution in [2.75, 3.05) is 19.6 Å². The summed E-state index contributed by atoms with van der Waals surface area (Å²) in [5, 5.41) is 0. The van der Waals surface area contributed by atoms with Gasteiger partial charge in [-0.3, -0.25) is 9.69 Å². The number of hydrogen-bond acceptors (Lipinski definition) is 3. The van der Waals surface area contributed by atoms with E-state index in [1.807, 2.05) is 0 Å². The Balaban J connectivity index is 1.66. The molecule has 15 heavy (non-hydrogen) atoms. The summed E-state index contributed by atoms with van der Waals surface area (Å²) in [5.74, 6) is -0.191. The van der Waals surface area contributed by atoms with Gasteiger partial charge in [0, 0.05) is 32.0 Å². The zero-order valence-electron chi connectivity index (χ0n) is 9.33. The lowest BCUT2D eigenvalue weighted by Crippen LogP contribution is -2.64. The first kappa shape index (κ1) is 10.9. The van der Waals surface area contributed by atoms with Crippen LogP contribution in [0.1, 0.15) is 26.7 Å². The molecule has 2 aliphatic rings. The molecule has 1 saturated heterocycles. The summed E-state index contributed by atoms with van der Waals surface area (Å²) in [6.07, 6.45) is 1.30. The molecule has 1 spiro atoms. The molecule has 0 aromatic carbocycles. The van der Waals surface area contributed by atoms with Crippen molar-refractivity contribution in [2.45, 2.75) is 39.0 Å². The van der Waals surface area contributed by atoms with Crippen LogP contribution < -0.4 is 0 Å². The van der Waals surface area contributed by atoms with Gasteiger partial charge in [-0.05, 0) is 19.8 Å². The summed E-state index contributed by atoms with van der Waals surface area (Å²) in [7, 11) is 0. The summed E-state index contributed by atoms with van der Waals surface area (Å²) < 4.78 is 17.8. The zero-order chi connectivity index (χ0) is 11.1. The summed E-state index contributed by atoms with van der Waals surface area (Å²) in [6, 6.07) is 0. The first-order valence-corrected chi connectivity index (χ1v) is 5.53. The van der Waals surface area contributed by atoms with Gasteiger partial charge in [-0.25, -0.2) is 4.39 Å². The predicted octanol–water partition coefficient (Wildman–Crippen LogP) is 1.37. The number of carbonyl (C=O) groups excluding carboxylic acids is 1. The van der Waals surface area contributed by atoms with E-state index >= 15 is 0 Å².